The fourth-order valence-electron chi connectivity index (χ4n) is 3.95. The summed E-state index contributed by atoms with van der Waals surface area (Å²) in [6.07, 6.45) is -0.679. The Hall–Kier alpha value is -3.75. The topological polar surface area (TPSA) is 128 Å². The maximum Gasteiger partial charge on any atom is 0.408 e. The van der Waals surface area contributed by atoms with Crippen LogP contribution in [0.25, 0.3) is 0 Å². The predicted octanol–water partition coefficient (Wildman–Crippen LogP) is 4.43. The van der Waals surface area contributed by atoms with Gasteiger partial charge in [-0.25, -0.2) is 4.79 Å². The molecule has 0 radical (unpaired) electrons. The van der Waals surface area contributed by atoms with E-state index in [-0.39, 0.29) is 17.9 Å². The Morgan fingerprint density at radius 3 is 2.03 bits per heavy atom. The molecule has 0 saturated carbocycles. The Kier molecular flexibility index (Phi) is 9.78. The van der Waals surface area contributed by atoms with E-state index in [1.807, 2.05) is 20.8 Å². The molecule has 2 aromatic carbocycles. The molecule has 0 fully saturated rings. The molecule has 0 aliphatic carbocycles. The van der Waals surface area contributed by atoms with Crippen molar-refractivity contribution < 1.29 is 29.3 Å². The number of alkyl carbamates (subject to hydrolysis) is 1. The van der Waals surface area contributed by atoms with Crippen molar-refractivity contribution in [3.8, 4) is 11.5 Å². The number of aromatic hydroxyl groups is 2. The monoisotopic (exact) mass is 527 g/mol. The highest BCUT2D eigenvalue weighted by atomic mass is 16.6. The highest BCUT2D eigenvalue weighted by Gasteiger charge is 2.39. The number of phenolic OH excluding ortho intramolecular Hbond substituents is 2. The molecule has 9 nitrogen and oxygen atoms in total. The number of amides is 3. The van der Waals surface area contributed by atoms with Crippen LogP contribution in [0.3, 0.4) is 0 Å². The Morgan fingerprint density at radius 1 is 0.921 bits per heavy atom. The van der Waals surface area contributed by atoms with Crippen LogP contribution >= 0.6 is 0 Å². The van der Waals surface area contributed by atoms with Crippen molar-refractivity contribution in [2.75, 3.05) is 0 Å². The van der Waals surface area contributed by atoms with Gasteiger partial charge in [0, 0.05) is 18.0 Å². The van der Waals surface area contributed by atoms with E-state index in [0.29, 0.717) is 11.1 Å². The zero-order valence-electron chi connectivity index (χ0n) is 23.5. The third-order valence-electron chi connectivity index (χ3n) is 5.39. The summed E-state index contributed by atoms with van der Waals surface area (Å²) in [6, 6.07) is 9.90. The fourth-order valence-corrected chi connectivity index (χ4v) is 3.95. The van der Waals surface area contributed by atoms with Gasteiger partial charge in [-0.05, 0) is 90.8 Å². The van der Waals surface area contributed by atoms with Crippen LogP contribution in [0, 0.1) is 0 Å². The summed E-state index contributed by atoms with van der Waals surface area (Å²) in [7, 11) is 0. The van der Waals surface area contributed by atoms with Crippen molar-refractivity contribution in [1.29, 1.82) is 0 Å². The van der Waals surface area contributed by atoms with Crippen molar-refractivity contribution in [2.24, 2.45) is 0 Å². The van der Waals surface area contributed by atoms with E-state index in [2.05, 4.69) is 10.6 Å². The summed E-state index contributed by atoms with van der Waals surface area (Å²) in [4.78, 5) is 42.0. The van der Waals surface area contributed by atoms with Gasteiger partial charge in [-0.15, -0.1) is 0 Å². The number of hydrogen-bond acceptors (Lipinski definition) is 6. The Labute approximate surface area is 225 Å². The third kappa shape index (κ3) is 9.28. The van der Waals surface area contributed by atoms with Crippen LogP contribution in [0.2, 0.25) is 0 Å². The van der Waals surface area contributed by atoms with Crippen molar-refractivity contribution in [1.82, 2.24) is 15.5 Å². The molecular weight excluding hydrogens is 486 g/mol. The SMILES string of the molecule is CC(C)N(C(=O)C(Cc1ccc(O)cc1)NC(=O)OC(C)(C)C)C(C(=O)NC(C)(C)C)c1cccc(O)c1. The zero-order chi connectivity index (χ0) is 28.8. The van der Waals surface area contributed by atoms with Crippen LogP contribution in [0.1, 0.15) is 72.6 Å². The molecule has 2 unspecified atom stereocenters. The highest BCUT2D eigenvalue weighted by Crippen LogP contribution is 2.28. The molecule has 0 spiro atoms. The van der Waals surface area contributed by atoms with Gasteiger partial charge in [-0.2, -0.15) is 0 Å². The summed E-state index contributed by atoms with van der Waals surface area (Å²) in [5.41, 5.74) is -0.258. The molecule has 0 bridgehead atoms. The van der Waals surface area contributed by atoms with E-state index in [1.54, 1.807) is 58.9 Å². The smallest absolute Gasteiger partial charge is 0.408 e. The van der Waals surface area contributed by atoms with E-state index >= 15 is 0 Å². The van der Waals surface area contributed by atoms with E-state index in [4.69, 9.17) is 4.74 Å². The zero-order valence-corrected chi connectivity index (χ0v) is 23.5. The number of ether oxygens (including phenoxy) is 1. The fraction of sp³-hybridized carbons (Fsp3) is 0.483. The van der Waals surface area contributed by atoms with Gasteiger partial charge in [0.15, 0.2) is 0 Å². The number of carbonyl (C=O) groups is 3. The first-order valence-corrected chi connectivity index (χ1v) is 12.7. The molecule has 2 aromatic rings. The minimum absolute atomic E-state index is 0.0419. The van der Waals surface area contributed by atoms with Gasteiger partial charge in [0.2, 0.25) is 11.8 Å². The summed E-state index contributed by atoms with van der Waals surface area (Å²) in [6.45, 7) is 14.2. The minimum Gasteiger partial charge on any atom is -0.508 e. The molecule has 9 heteroatoms. The van der Waals surface area contributed by atoms with Crippen LogP contribution in [-0.4, -0.2) is 56.2 Å². The lowest BCUT2D eigenvalue weighted by Crippen LogP contribution is -2.57. The standard InChI is InChI=1S/C29H41N3O6/c1-18(2)32(24(25(35)31-28(3,4)5)20-10-9-11-22(34)17-20)26(36)23(30-27(37)38-29(6,7)8)16-19-12-14-21(33)15-13-19/h9-15,17-18,23-24,33-34H,16H2,1-8H3,(H,30,37)(H,31,35). The molecule has 2 rings (SSSR count). The van der Waals surface area contributed by atoms with E-state index in [9.17, 15) is 24.6 Å². The van der Waals surface area contributed by atoms with Crippen molar-refractivity contribution in [3.05, 3.63) is 59.7 Å². The molecule has 3 amide bonds. The molecule has 0 aromatic heterocycles. The molecule has 0 saturated heterocycles. The van der Waals surface area contributed by atoms with Gasteiger partial charge in [0.25, 0.3) is 0 Å². The summed E-state index contributed by atoms with van der Waals surface area (Å²) in [5, 5.41) is 25.5. The van der Waals surface area contributed by atoms with Gasteiger partial charge in [-0.3, -0.25) is 9.59 Å². The van der Waals surface area contributed by atoms with Crippen LogP contribution in [0.15, 0.2) is 48.5 Å². The number of phenols is 2. The van der Waals surface area contributed by atoms with Crippen LogP contribution in [0.4, 0.5) is 4.79 Å². The van der Waals surface area contributed by atoms with Gasteiger partial charge < -0.3 is 30.5 Å². The summed E-state index contributed by atoms with van der Waals surface area (Å²) in [5.74, 6) is -0.898. The Morgan fingerprint density at radius 2 is 1.53 bits per heavy atom. The number of nitrogens with one attached hydrogen (secondary N) is 2. The number of nitrogens with zero attached hydrogens (tertiary/aromatic N) is 1. The predicted molar refractivity (Wildman–Crippen MR) is 146 cm³/mol. The second-order valence-corrected chi connectivity index (χ2v) is 11.6. The summed E-state index contributed by atoms with van der Waals surface area (Å²) >= 11 is 0. The molecule has 208 valence electrons. The normalized spacial score (nSPS) is 13.4. The quantitative estimate of drug-likeness (QED) is 0.402. The van der Waals surface area contributed by atoms with Crippen LogP contribution in [-0.2, 0) is 20.7 Å². The van der Waals surface area contributed by atoms with E-state index < -0.39 is 47.2 Å². The second-order valence-electron chi connectivity index (χ2n) is 11.6. The maximum atomic E-state index is 14.2. The average Bonchev–Trinajstić information content (AvgIpc) is 2.75. The van der Waals surface area contributed by atoms with Gasteiger partial charge in [0.1, 0.15) is 29.2 Å². The number of benzene rings is 2. The second kappa shape index (κ2) is 12.2. The minimum atomic E-state index is -1.09. The number of hydrogen-bond donors (Lipinski definition) is 4. The number of carbonyl (C=O) groups excluding carboxylic acids is 3. The first kappa shape index (κ1) is 30.5. The van der Waals surface area contributed by atoms with Crippen LogP contribution in [0.5, 0.6) is 11.5 Å². The first-order valence-electron chi connectivity index (χ1n) is 12.7. The van der Waals surface area contributed by atoms with Crippen molar-refractivity contribution >= 4 is 17.9 Å². The van der Waals surface area contributed by atoms with Gasteiger partial charge in [0.05, 0.1) is 0 Å². The highest BCUT2D eigenvalue weighted by molar-refractivity contribution is 5.92. The van der Waals surface area contributed by atoms with Crippen LogP contribution < -0.4 is 10.6 Å². The lowest BCUT2D eigenvalue weighted by molar-refractivity contribution is -0.145. The maximum absolute atomic E-state index is 14.2. The van der Waals surface area contributed by atoms with Gasteiger partial charge >= 0.3 is 6.09 Å². The molecule has 4 N–H and O–H groups in total. The van der Waals surface area contributed by atoms with Crippen molar-refractivity contribution in [2.45, 2.75) is 91.1 Å². The molecule has 0 aliphatic heterocycles. The van der Waals surface area contributed by atoms with E-state index in [0.717, 1.165) is 0 Å². The lowest BCUT2D eigenvalue weighted by atomic mass is 9.97. The molecule has 0 heterocycles. The largest absolute Gasteiger partial charge is 0.508 e. The summed E-state index contributed by atoms with van der Waals surface area (Å²) < 4.78 is 5.42. The average molecular weight is 528 g/mol. The van der Waals surface area contributed by atoms with E-state index in [1.165, 1.54) is 29.2 Å². The number of rotatable bonds is 8. The molecule has 0 aliphatic rings. The van der Waals surface area contributed by atoms with Gasteiger partial charge in [-0.1, -0.05) is 24.3 Å². The van der Waals surface area contributed by atoms with Crippen molar-refractivity contribution in [3.63, 3.8) is 0 Å². The first-order chi connectivity index (χ1) is 17.5. The Balaban J connectivity index is 2.56. The third-order valence-corrected chi connectivity index (χ3v) is 5.39. The molecule has 38 heavy (non-hydrogen) atoms. The molecular formula is C29H41N3O6. The Bertz CT molecular complexity index is 1120. The molecule has 2 atom stereocenters. The lowest BCUT2D eigenvalue weighted by Gasteiger charge is -2.38.